The molecule has 0 amide bonds. The van der Waals surface area contributed by atoms with Gasteiger partial charge in [-0.3, -0.25) is 4.98 Å². The fourth-order valence-electron chi connectivity index (χ4n) is 2.36. The molecule has 1 aliphatic heterocycles. The van der Waals surface area contributed by atoms with Crippen molar-refractivity contribution in [2.24, 2.45) is 0 Å². The number of allylic oxidation sites excluding steroid dienone is 1. The van der Waals surface area contributed by atoms with Crippen molar-refractivity contribution in [1.82, 2.24) is 14.9 Å². The van der Waals surface area contributed by atoms with Crippen molar-refractivity contribution in [3.8, 4) is 0 Å². The number of aromatic nitrogens is 2. The van der Waals surface area contributed by atoms with Crippen molar-refractivity contribution in [1.29, 1.82) is 0 Å². The van der Waals surface area contributed by atoms with E-state index < -0.39 is 0 Å². The lowest BCUT2D eigenvalue weighted by atomic mass is 10.3. The maximum absolute atomic E-state index is 4.80. The number of nitrogens with zero attached hydrogens (tertiary/aromatic N) is 4. The lowest BCUT2D eigenvalue weighted by molar-refractivity contribution is 0.402. The van der Waals surface area contributed by atoms with Gasteiger partial charge in [-0.05, 0) is 63.0 Å². The maximum atomic E-state index is 4.80. The molecule has 0 atom stereocenters. The van der Waals surface area contributed by atoms with Gasteiger partial charge in [0.2, 0.25) is 0 Å². The Labute approximate surface area is 134 Å². The van der Waals surface area contributed by atoms with Crippen molar-refractivity contribution in [3.63, 3.8) is 0 Å². The zero-order valence-corrected chi connectivity index (χ0v) is 13.8. The summed E-state index contributed by atoms with van der Waals surface area (Å²) < 4.78 is 2.27. The van der Waals surface area contributed by atoms with Crippen LogP contribution in [-0.2, 0) is 0 Å². The van der Waals surface area contributed by atoms with E-state index in [2.05, 4.69) is 53.3 Å². The van der Waals surface area contributed by atoms with Gasteiger partial charge in [0.05, 0.1) is 4.53 Å². The van der Waals surface area contributed by atoms with Crippen LogP contribution < -0.4 is 14.1 Å². The molecule has 0 aliphatic carbocycles. The molecule has 0 spiro atoms. The van der Waals surface area contributed by atoms with Crippen molar-refractivity contribution in [3.05, 3.63) is 51.6 Å². The summed E-state index contributed by atoms with van der Waals surface area (Å²) in [6, 6.07) is 3.99. The number of anilines is 1. The van der Waals surface area contributed by atoms with Gasteiger partial charge in [0, 0.05) is 25.1 Å². The Bertz CT molecular complexity index is 762. The fourth-order valence-corrected chi connectivity index (χ4v) is 3.31. The summed E-state index contributed by atoms with van der Waals surface area (Å²) in [5, 5.41) is 0. The van der Waals surface area contributed by atoms with Crippen LogP contribution in [0.2, 0.25) is 0 Å². The summed E-state index contributed by atoms with van der Waals surface area (Å²) in [5.41, 5.74) is 1.13. The minimum atomic E-state index is 0.994. The first kappa shape index (κ1) is 14.9. The van der Waals surface area contributed by atoms with Crippen LogP contribution in [0, 0.1) is 0 Å². The van der Waals surface area contributed by atoms with Gasteiger partial charge in [0.25, 0.3) is 0 Å². The summed E-state index contributed by atoms with van der Waals surface area (Å²) in [6.07, 6.45) is 13.2. The molecule has 5 heteroatoms. The SMILES string of the molecule is CN(C)CCCN1C=CC=c2sc(=Cc3ccncc3)nc21. The van der Waals surface area contributed by atoms with Crippen LogP contribution in [0.5, 0.6) is 0 Å². The minimum absolute atomic E-state index is 0.994. The summed E-state index contributed by atoms with van der Waals surface area (Å²) in [6.45, 7) is 2.08. The van der Waals surface area contributed by atoms with E-state index in [0.717, 1.165) is 35.6 Å². The van der Waals surface area contributed by atoms with Gasteiger partial charge in [0.1, 0.15) is 4.66 Å². The van der Waals surface area contributed by atoms with Crippen LogP contribution in [0.4, 0.5) is 5.82 Å². The molecule has 2 aromatic rings. The van der Waals surface area contributed by atoms with Crippen LogP contribution in [0.3, 0.4) is 0 Å². The molecule has 0 saturated heterocycles. The average Bonchev–Trinajstić information content (AvgIpc) is 2.91. The topological polar surface area (TPSA) is 32.3 Å². The number of fused-ring (bicyclic) bond motifs is 1. The molecule has 0 fully saturated rings. The Morgan fingerprint density at radius 1 is 1.27 bits per heavy atom. The Balaban J connectivity index is 1.82. The zero-order chi connectivity index (χ0) is 15.4. The molecule has 3 rings (SSSR count). The van der Waals surface area contributed by atoms with Crippen molar-refractivity contribution < 1.29 is 0 Å². The minimum Gasteiger partial charge on any atom is -0.332 e. The fraction of sp³-hybridized carbons (Fsp3) is 0.294. The lowest BCUT2D eigenvalue weighted by Crippen LogP contribution is -2.27. The molecule has 0 saturated carbocycles. The van der Waals surface area contributed by atoms with Crippen molar-refractivity contribution in [2.45, 2.75) is 6.42 Å². The van der Waals surface area contributed by atoms with E-state index in [9.17, 15) is 0 Å². The molecule has 0 N–H and O–H groups in total. The molecule has 1 aliphatic rings. The number of hydrogen-bond donors (Lipinski definition) is 0. The average molecular weight is 312 g/mol. The third kappa shape index (κ3) is 3.61. The molecule has 3 heterocycles. The first-order valence-corrected chi connectivity index (χ1v) is 8.22. The number of hydrogen-bond acceptors (Lipinski definition) is 5. The molecular weight excluding hydrogens is 292 g/mol. The second-order valence-corrected chi connectivity index (χ2v) is 6.59. The summed E-state index contributed by atoms with van der Waals surface area (Å²) in [5.74, 6) is 1.08. The zero-order valence-electron chi connectivity index (χ0n) is 12.9. The van der Waals surface area contributed by atoms with Gasteiger partial charge in [-0.2, -0.15) is 0 Å². The Hall–Kier alpha value is -1.98. The monoisotopic (exact) mass is 312 g/mol. The first-order valence-electron chi connectivity index (χ1n) is 7.41. The van der Waals surface area contributed by atoms with E-state index in [-0.39, 0.29) is 0 Å². The summed E-state index contributed by atoms with van der Waals surface area (Å²) >= 11 is 1.73. The molecule has 22 heavy (non-hydrogen) atoms. The summed E-state index contributed by atoms with van der Waals surface area (Å²) in [7, 11) is 4.21. The van der Waals surface area contributed by atoms with Crippen molar-refractivity contribution in [2.75, 3.05) is 32.1 Å². The van der Waals surface area contributed by atoms with Gasteiger partial charge in [-0.15, -0.1) is 11.3 Å². The Morgan fingerprint density at radius 2 is 2.09 bits per heavy atom. The third-order valence-corrected chi connectivity index (χ3v) is 4.39. The third-order valence-electron chi connectivity index (χ3n) is 3.44. The lowest BCUT2D eigenvalue weighted by Gasteiger charge is -2.20. The molecule has 114 valence electrons. The molecule has 4 nitrogen and oxygen atoms in total. The molecule has 0 radical (unpaired) electrons. The smallest absolute Gasteiger partial charge is 0.151 e. The van der Waals surface area contributed by atoms with Gasteiger partial charge >= 0.3 is 0 Å². The van der Waals surface area contributed by atoms with E-state index in [1.807, 2.05) is 12.1 Å². The Kier molecular flexibility index (Phi) is 4.65. The molecule has 2 aromatic heterocycles. The maximum Gasteiger partial charge on any atom is 0.151 e. The van der Waals surface area contributed by atoms with Crippen LogP contribution in [0.1, 0.15) is 12.0 Å². The van der Waals surface area contributed by atoms with E-state index >= 15 is 0 Å². The van der Waals surface area contributed by atoms with E-state index in [1.165, 1.54) is 4.53 Å². The predicted octanol–water partition coefficient (Wildman–Crippen LogP) is 1.43. The highest BCUT2D eigenvalue weighted by atomic mass is 32.1. The molecule has 0 bridgehead atoms. The van der Waals surface area contributed by atoms with Gasteiger partial charge in [-0.1, -0.05) is 0 Å². The van der Waals surface area contributed by atoms with Crippen LogP contribution in [0.15, 0.2) is 36.8 Å². The highest BCUT2D eigenvalue weighted by Gasteiger charge is 2.11. The molecule has 0 unspecified atom stereocenters. The highest BCUT2D eigenvalue weighted by Crippen LogP contribution is 2.10. The second-order valence-electron chi connectivity index (χ2n) is 5.52. The van der Waals surface area contributed by atoms with Crippen molar-refractivity contribution >= 4 is 29.3 Å². The predicted molar refractivity (Wildman–Crippen MR) is 93.3 cm³/mol. The van der Waals surface area contributed by atoms with E-state index in [0.29, 0.717) is 0 Å². The van der Waals surface area contributed by atoms with Gasteiger partial charge in [-0.25, -0.2) is 4.98 Å². The highest BCUT2D eigenvalue weighted by molar-refractivity contribution is 7.07. The molecular formula is C17H20N4S. The molecule has 0 aromatic carbocycles. The van der Waals surface area contributed by atoms with Gasteiger partial charge < -0.3 is 9.80 Å². The van der Waals surface area contributed by atoms with Crippen LogP contribution >= 0.6 is 11.3 Å². The van der Waals surface area contributed by atoms with Gasteiger partial charge in [0.15, 0.2) is 5.82 Å². The summed E-state index contributed by atoms with van der Waals surface area (Å²) in [4.78, 5) is 13.3. The largest absolute Gasteiger partial charge is 0.332 e. The second kappa shape index (κ2) is 6.85. The first-order chi connectivity index (χ1) is 10.7. The van der Waals surface area contributed by atoms with Crippen LogP contribution in [0.25, 0.3) is 12.2 Å². The number of pyridine rings is 1. The van der Waals surface area contributed by atoms with E-state index in [1.54, 1.807) is 23.7 Å². The quantitative estimate of drug-likeness (QED) is 0.836. The standard InChI is InChI=1S/C17H20N4S/c1-20(2)10-4-12-21-11-3-5-15-17(21)19-16(22-15)13-14-6-8-18-9-7-14/h3,5-9,11,13H,4,10,12H2,1-2H3. The van der Waals surface area contributed by atoms with E-state index in [4.69, 9.17) is 4.98 Å². The number of rotatable bonds is 5. The normalized spacial score (nSPS) is 14.3. The Morgan fingerprint density at radius 3 is 2.86 bits per heavy atom. The van der Waals surface area contributed by atoms with Crippen LogP contribution in [-0.4, -0.2) is 42.1 Å². The number of thiazole rings is 1.